The number of fused-ring (bicyclic) bond motifs is 1. The van der Waals surface area contributed by atoms with Gasteiger partial charge >= 0.3 is 0 Å². The Labute approximate surface area is 134 Å². The molecule has 3 nitrogen and oxygen atoms in total. The number of amides is 1. The summed E-state index contributed by atoms with van der Waals surface area (Å²) in [7, 11) is 0. The molecule has 2 heterocycles. The van der Waals surface area contributed by atoms with Crippen LogP contribution in [0.5, 0.6) is 0 Å². The summed E-state index contributed by atoms with van der Waals surface area (Å²) in [5.41, 5.74) is 2.70. The van der Waals surface area contributed by atoms with Crippen LogP contribution >= 0.6 is 11.3 Å². The minimum absolute atomic E-state index is 0.00984. The number of aromatic nitrogens is 1. The molecule has 3 rings (SSSR count). The molecular formula is C18H18N2OS. The van der Waals surface area contributed by atoms with E-state index in [4.69, 9.17) is 0 Å². The van der Waals surface area contributed by atoms with E-state index in [9.17, 15) is 4.79 Å². The van der Waals surface area contributed by atoms with Crippen LogP contribution in [-0.2, 0) is 0 Å². The van der Waals surface area contributed by atoms with Gasteiger partial charge in [-0.3, -0.25) is 9.78 Å². The van der Waals surface area contributed by atoms with Crippen molar-refractivity contribution in [3.8, 4) is 0 Å². The molecule has 1 aromatic carbocycles. The van der Waals surface area contributed by atoms with Crippen LogP contribution in [-0.4, -0.2) is 10.9 Å². The van der Waals surface area contributed by atoms with Gasteiger partial charge in [0.05, 0.1) is 17.1 Å². The first kappa shape index (κ1) is 14.7. The first-order valence-corrected chi connectivity index (χ1v) is 8.09. The lowest BCUT2D eigenvalue weighted by Crippen LogP contribution is -2.27. The van der Waals surface area contributed by atoms with Crippen molar-refractivity contribution in [2.75, 3.05) is 0 Å². The standard InChI is InChI=1S/C18H18N2OS/c1-11-10-16(13(3)22-11)12(2)20-18(21)15-8-9-19-17-7-5-4-6-14(15)17/h4-10,12H,1-3H3,(H,20,21)/t12-/m0/s1. The Kier molecular flexibility index (Phi) is 3.94. The van der Waals surface area contributed by atoms with Gasteiger partial charge in [0.15, 0.2) is 0 Å². The number of hydrogen-bond donors (Lipinski definition) is 1. The molecule has 0 saturated heterocycles. The van der Waals surface area contributed by atoms with Crippen LogP contribution in [0.4, 0.5) is 0 Å². The summed E-state index contributed by atoms with van der Waals surface area (Å²) in [6.07, 6.45) is 1.68. The third-order valence-corrected chi connectivity index (χ3v) is 4.77. The number of rotatable bonds is 3. The van der Waals surface area contributed by atoms with Gasteiger partial charge < -0.3 is 5.32 Å². The molecule has 22 heavy (non-hydrogen) atoms. The highest BCUT2D eigenvalue weighted by molar-refractivity contribution is 7.12. The third kappa shape index (κ3) is 2.74. The lowest BCUT2D eigenvalue weighted by atomic mass is 10.1. The van der Waals surface area contributed by atoms with Gasteiger partial charge in [0.2, 0.25) is 0 Å². The fourth-order valence-electron chi connectivity index (χ4n) is 2.73. The van der Waals surface area contributed by atoms with Crippen molar-refractivity contribution in [2.45, 2.75) is 26.8 Å². The van der Waals surface area contributed by atoms with Gasteiger partial charge in [0, 0.05) is 21.3 Å². The molecule has 0 bridgehead atoms. The van der Waals surface area contributed by atoms with Crippen LogP contribution in [0.3, 0.4) is 0 Å². The predicted octanol–water partition coefficient (Wildman–Crippen LogP) is 4.40. The number of carbonyl (C=O) groups is 1. The maximum absolute atomic E-state index is 12.6. The van der Waals surface area contributed by atoms with Gasteiger partial charge in [-0.05, 0) is 44.5 Å². The average molecular weight is 310 g/mol. The minimum Gasteiger partial charge on any atom is -0.345 e. The summed E-state index contributed by atoms with van der Waals surface area (Å²) in [6.45, 7) is 6.21. The van der Waals surface area contributed by atoms with Gasteiger partial charge in [-0.15, -0.1) is 11.3 Å². The number of thiophene rings is 1. The van der Waals surface area contributed by atoms with Crippen molar-refractivity contribution in [1.82, 2.24) is 10.3 Å². The number of nitrogens with zero attached hydrogens (tertiary/aromatic N) is 1. The zero-order chi connectivity index (χ0) is 15.7. The van der Waals surface area contributed by atoms with Crippen LogP contribution < -0.4 is 5.32 Å². The van der Waals surface area contributed by atoms with Gasteiger partial charge in [-0.2, -0.15) is 0 Å². The van der Waals surface area contributed by atoms with E-state index in [0.29, 0.717) is 5.56 Å². The summed E-state index contributed by atoms with van der Waals surface area (Å²) >= 11 is 1.76. The van der Waals surface area contributed by atoms with Crippen LogP contribution in [0.2, 0.25) is 0 Å². The van der Waals surface area contributed by atoms with Crippen molar-refractivity contribution < 1.29 is 4.79 Å². The van der Waals surface area contributed by atoms with Crippen molar-refractivity contribution in [1.29, 1.82) is 0 Å². The molecule has 0 aliphatic carbocycles. The number of carbonyl (C=O) groups excluding carboxylic acids is 1. The lowest BCUT2D eigenvalue weighted by molar-refractivity contribution is 0.0941. The largest absolute Gasteiger partial charge is 0.345 e. The van der Waals surface area contributed by atoms with E-state index in [0.717, 1.165) is 10.9 Å². The van der Waals surface area contributed by atoms with E-state index >= 15 is 0 Å². The highest BCUT2D eigenvalue weighted by atomic mass is 32.1. The Hall–Kier alpha value is -2.20. The molecule has 0 spiro atoms. The van der Waals surface area contributed by atoms with Crippen LogP contribution in [0.25, 0.3) is 10.9 Å². The van der Waals surface area contributed by atoms with E-state index in [1.54, 1.807) is 23.6 Å². The maximum atomic E-state index is 12.6. The Balaban J connectivity index is 1.89. The summed E-state index contributed by atoms with van der Waals surface area (Å²) in [5.74, 6) is -0.0608. The van der Waals surface area contributed by atoms with Gasteiger partial charge in [-0.1, -0.05) is 18.2 Å². The molecule has 0 unspecified atom stereocenters. The molecule has 1 N–H and O–H groups in total. The highest BCUT2D eigenvalue weighted by Crippen LogP contribution is 2.26. The Morgan fingerprint density at radius 2 is 2.00 bits per heavy atom. The SMILES string of the molecule is Cc1cc([C@H](C)NC(=O)c2ccnc3ccccc23)c(C)s1. The van der Waals surface area contributed by atoms with E-state index in [1.165, 1.54) is 15.3 Å². The molecule has 0 radical (unpaired) electrons. The van der Waals surface area contributed by atoms with Crippen molar-refractivity contribution in [2.24, 2.45) is 0 Å². The summed E-state index contributed by atoms with van der Waals surface area (Å²) in [5, 5.41) is 3.98. The zero-order valence-electron chi connectivity index (χ0n) is 12.9. The molecule has 0 aliphatic rings. The summed E-state index contributed by atoms with van der Waals surface area (Å²) in [4.78, 5) is 19.4. The molecular weight excluding hydrogens is 292 g/mol. The second kappa shape index (κ2) is 5.89. The third-order valence-electron chi connectivity index (χ3n) is 3.79. The van der Waals surface area contributed by atoms with Gasteiger partial charge in [-0.25, -0.2) is 0 Å². The van der Waals surface area contributed by atoms with E-state index < -0.39 is 0 Å². The maximum Gasteiger partial charge on any atom is 0.252 e. The molecule has 112 valence electrons. The molecule has 0 aliphatic heterocycles. The van der Waals surface area contributed by atoms with Crippen LogP contribution in [0, 0.1) is 13.8 Å². The average Bonchev–Trinajstić information content (AvgIpc) is 2.85. The summed E-state index contributed by atoms with van der Waals surface area (Å²) in [6, 6.07) is 11.6. The number of hydrogen-bond acceptors (Lipinski definition) is 3. The molecule has 2 aromatic heterocycles. The Morgan fingerprint density at radius 3 is 2.73 bits per heavy atom. The number of aryl methyl sites for hydroxylation is 2. The van der Waals surface area contributed by atoms with Gasteiger partial charge in [0.1, 0.15) is 0 Å². The molecule has 0 fully saturated rings. The monoisotopic (exact) mass is 310 g/mol. The minimum atomic E-state index is -0.0608. The number of pyridine rings is 1. The summed E-state index contributed by atoms with van der Waals surface area (Å²) < 4.78 is 0. The van der Waals surface area contributed by atoms with Crippen molar-refractivity contribution >= 4 is 28.1 Å². The van der Waals surface area contributed by atoms with Crippen LogP contribution in [0.1, 0.15) is 38.6 Å². The Bertz CT molecular complexity index is 833. The fourth-order valence-corrected chi connectivity index (χ4v) is 3.75. The lowest BCUT2D eigenvalue weighted by Gasteiger charge is -2.15. The topological polar surface area (TPSA) is 42.0 Å². The smallest absolute Gasteiger partial charge is 0.252 e. The van der Waals surface area contributed by atoms with E-state index in [-0.39, 0.29) is 11.9 Å². The predicted molar refractivity (Wildman–Crippen MR) is 91.4 cm³/mol. The zero-order valence-corrected chi connectivity index (χ0v) is 13.7. The highest BCUT2D eigenvalue weighted by Gasteiger charge is 2.16. The number of nitrogens with one attached hydrogen (secondary N) is 1. The molecule has 1 amide bonds. The molecule has 4 heteroatoms. The number of para-hydroxylation sites is 1. The van der Waals surface area contributed by atoms with E-state index in [2.05, 4.69) is 30.2 Å². The van der Waals surface area contributed by atoms with Gasteiger partial charge in [0.25, 0.3) is 5.91 Å². The van der Waals surface area contributed by atoms with Crippen molar-refractivity contribution in [3.63, 3.8) is 0 Å². The fraction of sp³-hybridized carbons (Fsp3) is 0.222. The molecule has 0 saturated carbocycles. The van der Waals surface area contributed by atoms with Crippen LogP contribution in [0.15, 0.2) is 42.6 Å². The number of benzene rings is 1. The second-order valence-corrected chi connectivity index (χ2v) is 6.90. The quantitative estimate of drug-likeness (QED) is 0.779. The molecule has 3 aromatic rings. The Morgan fingerprint density at radius 1 is 1.23 bits per heavy atom. The normalized spacial score (nSPS) is 12.3. The van der Waals surface area contributed by atoms with Crippen molar-refractivity contribution in [3.05, 3.63) is 63.5 Å². The second-order valence-electron chi connectivity index (χ2n) is 5.44. The van der Waals surface area contributed by atoms with E-state index in [1.807, 2.05) is 31.2 Å². The molecule has 1 atom stereocenters. The first-order valence-electron chi connectivity index (χ1n) is 7.28. The first-order chi connectivity index (χ1) is 10.6.